The van der Waals surface area contributed by atoms with E-state index < -0.39 is 0 Å². The maximum Gasteiger partial charge on any atom is 0.259 e. The molecule has 2 nitrogen and oxygen atoms in total. The van der Waals surface area contributed by atoms with E-state index in [2.05, 4.69) is 0 Å². The minimum Gasteiger partial charge on any atom is -0.468 e. The van der Waals surface area contributed by atoms with Gasteiger partial charge in [-0.3, -0.25) is 0 Å². The Kier molecular flexibility index (Phi) is 3.12. The van der Waals surface area contributed by atoms with Crippen molar-refractivity contribution in [2.24, 2.45) is 0 Å². The van der Waals surface area contributed by atoms with Crippen LogP contribution >= 0.6 is 12.2 Å². The largest absolute Gasteiger partial charge is 0.468 e. The van der Waals surface area contributed by atoms with Crippen LogP contribution in [0.15, 0.2) is 0 Å². The molecule has 0 N–H and O–H groups in total. The van der Waals surface area contributed by atoms with E-state index in [0.717, 1.165) is 0 Å². The van der Waals surface area contributed by atoms with Gasteiger partial charge >= 0.3 is 0 Å². The Bertz CT molecular complexity index is 141. The fraction of sp³-hybridized carbons (Fsp3) is 0.875. The van der Waals surface area contributed by atoms with Crippen LogP contribution in [0.25, 0.3) is 0 Å². The molecule has 0 bridgehead atoms. The van der Waals surface area contributed by atoms with Gasteiger partial charge in [0, 0.05) is 14.1 Å². The summed E-state index contributed by atoms with van der Waals surface area (Å²) in [5, 5.41) is 0.622. The molecule has 0 aromatic carbocycles. The molecule has 0 atom stereocenters. The monoisotopic (exact) mass is 173 g/mol. The Morgan fingerprint density at radius 1 is 1.36 bits per heavy atom. The minimum absolute atomic E-state index is 0.393. The lowest BCUT2D eigenvalue weighted by molar-refractivity contribution is 0.175. The van der Waals surface area contributed by atoms with Crippen molar-refractivity contribution in [1.29, 1.82) is 0 Å². The second-order valence-electron chi connectivity index (χ2n) is 3.18. The summed E-state index contributed by atoms with van der Waals surface area (Å²) < 4.78 is 5.53. The van der Waals surface area contributed by atoms with Crippen molar-refractivity contribution >= 4 is 17.4 Å². The van der Waals surface area contributed by atoms with Crippen LogP contribution in [0.1, 0.15) is 25.7 Å². The molecule has 0 aromatic heterocycles. The molecule has 0 aliphatic heterocycles. The van der Waals surface area contributed by atoms with Gasteiger partial charge < -0.3 is 9.64 Å². The molecule has 1 aliphatic carbocycles. The highest BCUT2D eigenvalue weighted by molar-refractivity contribution is 7.80. The second-order valence-corrected chi connectivity index (χ2v) is 3.53. The number of hydrogen-bond donors (Lipinski definition) is 0. The van der Waals surface area contributed by atoms with Crippen molar-refractivity contribution in [3.05, 3.63) is 0 Å². The molecular weight excluding hydrogens is 158 g/mol. The van der Waals surface area contributed by atoms with Crippen LogP contribution in [0, 0.1) is 0 Å². The summed E-state index contributed by atoms with van der Waals surface area (Å²) in [6, 6.07) is 0. The van der Waals surface area contributed by atoms with Gasteiger partial charge in [0.2, 0.25) is 0 Å². The third-order valence-corrected chi connectivity index (χ3v) is 2.40. The number of thiocarbonyl (C=S) groups is 1. The third-order valence-electron chi connectivity index (χ3n) is 1.93. The maximum atomic E-state index is 5.53. The third kappa shape index (κ3) is 2.66. The van der Waals surface area contributed by atoms with Crippen LogP contribution in [0.5, 0.6) is 0 Å². The fourth-order valence-corrected chi connectivity index (χ4v) is 1.39. The molecule has 0 heterocycles. The maximum absolute atomic E-state index is 5.53. The van der Waals surface area contributed by atoms with Crippen LogP contribution in [0.4, 0.5) is 0 Å². The standard InChI is InChI=1S/C8H15NOS/c1-9(2)8(11)10-7-5-3-4-6-7/h7H,3-6H2,1-2H3. The van der Waals surface area contributed by atoms with Crippen LogP contribution in [-0.2, 0) is 4.74 Å². The first-order valence-corrected chi connectivity index (χ1v) is 4.49. The van der Waals surface area contributed by atoms with Crippen molar-refractivity contribution in [3.8, 4) is 0 Å². The van der Waals surface area contributed by atoms with Crippen molar-refractivity contribution in [2.45, 2.75) is 31.8 Å². The highest BCUT2D eigenvalue weighted by atomic mass is 32.1. The SMILES string of the molecule is CN(C)C(=S)OC1CCCC1. The van der Waals surface area contributed by atoms with E-state index in [-0.39, 0.29) is 0 Å². The van der Waals surface area contributed by atoms with Gasteiger partial charge in [-0.2, -0.15) is 0 Å². The minimum atomic E-state index is 0.393. The molecule has 64 valence electrons. The van der Waals surface area contributed by atoms with Gasteiger partial charge in [0.1, 0.15) is 6.10 Å². The van der Waals surface area contributed by atoms with Gasteiger partial charge in [-0.1, -0.05) is 0 Å². The first-order valence-electron chi connectivity index (χ1n) is 4.08. The van der Waals surface area contributed by atoms with Gasteiger partial charge in [0.25, 0.3) is 5.17 Å². The van der Waals surface area contributed by atoms with Crippen LogP contribution < -0.4 is 0 Å². The van der Waals surface area contributed by atoms with Gasteiger partial charge in [0.05, 0.1) is 0 Å². The van der Waals surface area contributed by atoms with Crippen molar-refractivity contribution in [3.63, 3.8) is 0 Å². The molecule has 1 aliphatic rings. The normalized spacial score (nSPS) is 18.4. The molecule has 0 aromatic rings. The Morgan fingerprint density at radius 3 is 2.36 bits per heavy atom. The summed E-state index contributed by atoms with van der Waals surface area (Å²) in [5.74, 6) is 0. The molecule has 1 fully saturated rings. The summed E-state index contributed by atoms with van der Waals surface area (Å²) in [4.78, 5) is 1.84. The average molecular weight is 173 g/mol. The van der Waals surface area contributed by atoms with Gasteiger partial charge in [-0.15, -0.1) is 0 Å². The molecule has 3 heteroatoms. The molecule has 0 radical (unpaired) electrons. The van der Waals surface area contributed by atoms with Crippen molar-refractivity contribution < 1.29 is 4.74 Å². The zero-order valence-electron chi connectivity index (χ0n) is 7.17. The van der Waals surface area contributed by atoms with E-state index in [1.54, 1.807) is 0 Å². The smallest absolute Gasteiger partial charge is 0.259 e. The Balaban J connectivity index is 2.24. The summed E-state index contributed by atoms with van der Waals surface area (Å²) in [6.45, 7) is 0. The molecule has 0 saturated heterocycles. The fourth-order valence-electron chi connectivity index (χ4n) is 1.25. The number of rotatable bonds is 1. The predicted octanol–water partition coefficient (Wildman–Crippen LogP) is 1.79. The van der Waals surface area contributed by atoms with Gasteiger partial charge in [-0.05, 0) is 37.9 Å². The molecule has 1 rings (SSSR count). The van der Waals surface area contributed by atoms with E-state index in [1.807, 2.05) is 19.0 Å². The van der Waals surface area contributed by atoms with Crippen LogP contribution in [0.3, 0.4) is 0 Å². The van der Waals surface area contributed by atoms with E-state index >= 15 is 0 Å². The van der Waals surface area contributed by atoms with E-state index in [9.17, 15) is 0 Å². The summed E-state index contributed by atoms with van der Waals surface area (Å²) >= 11 is 5.02. The van der Waals surface area contributed by atoms with Gasteiger partial charge in [-0.25, -0.2) is 0 Å². The van der Waals surface area contributed by atoms with E-state index in [4.69, 9.17) is 17.0 Å². The Hall–Kier alpha value is -0.310. The Morgan fingerprint density at radius 2 is 1.91 bits per heavy atom. The Labute approximate surface area is 73.5 Å². The first-order chi connectivity index (χ1) is 5.20. The summed E-state index contributed by atoms with van der Waals surface area (Å²) in [5.41, 5.74) is 0. The molecule has 0 amide bonds. The highest BCUT2D eigenvalue weighted by Crippen LogP contribution is 2.21. The topological polar surface area (TPSA) is 12.5 Å². The summed E-state index contributed by atoms with van der Waals surface area (Å²) in [7, 11) is 3.83. The molecule has 11 heavy (non-hydrogen) atoms. The van der Waals surface area contributed by atoms with Crippen molar-refractivity contribution in [1.82, 2.24) is 4.90 Å². The number of hydrogen-bond acceptors (Lipinski definition) is 2. The second kappa shape index (κ2) is 3.90. The lowest BCUT2D eigenvalue weighted by Gasteiger charge is -2.18. The molecular formula is C8H15NOS. The highest BCUT2D eigenvalue weighted by Gasteiger charge is 2.17. The predicted molar refractivity (Wildman–Crippen MR) is 49.6 cm³/mol. The first kappa shape index (κ1) is 8.78. The van der Waals surface area contributed by atoms with Crippen molar-refractivity contribution in [2.75, 3.05) is 14.1 Å². The number of nitrogens with zero attached hydrogens (tertiary/aromatic N) is 1. The zero-order valence-corrected chi connectivity index (χ0v) is 7.99. The zero-order chi connectivity index (χ0) is 8.27. The quantitative estimate of drug-likeness (QED) is 0.561. The summed E-state index contributed by atoms with van der Waals surface area (Å²) in [6.07, 6.45) is 5.33. The van der Waals surface area contributed by atoms with Gasteiger partial charge in [0.15, 0.2) is 0 Å². The van der Waals surface area contributed by atoms with E-state index in [0.29, 0.717) is 11.3 Å². The lowest BCUT2D eigenvalue weighted by atomic mass is 10.3. The molecule has 1 saturated carbocycles. The van der Waals surface area contributed by atoms with Crippen LogP contribution in [0.2, 0.25) is 0 Å². The molecule has 0 unspecified atom stereocenters. The lowest BCUT2D eigenvalue weighted by Crippen LogP contribution is -2.26. The van der Waals surface area contributed by atoms with E-state index in [1.165, 1.54) is 25.7 Å². The molecule has 0 spiro atoms. The average Bonchev–Trinajstić information content (AvgIpc) is 2.39. The van der Waals surface area contributed by atoms with Crippen LogP contribution in [-0.4, -0.2) is 30.3 Å². The number of ether oxygens (including phenoxy) is 1.